The van der Waals surface area contributed by atoms with E-state index >= 15 is 0 Å². The molecule has 3 aromatic rings. The van der Waals surface area contributed by atoms with Crippen molar-refractivity contribution < 1.29 is 38.1 Å². The summed E-state index contributed by atoms with van der Waals surface area (Å²) in [5.74, 6) is 4.26. The Hall–Kier alpha value is -4.04. The van der Waals surface area contributed by atoms with E-state index in [1.807, 2.05) is 64.4 Å². The zero-order valence-corrected chi connectivity index (χ0v) is 27.9. The van der Waals surface area contributed by atoms with E-state index in [0.29, 0.717) is 26.2 Å². The fourth-order valence-corrected chi connectivity index (χ4v) is 6.99. The molecule has 2 atom stereocenters. The highest BCUT2D eigenvalue weighted by molar-refractivity contribution is 8.01. The molecule has 2 aliphatic rings. The van der Waals surface area contributed by atoms with Crippen LogP contribution in [0.5, 0.6) is 23.0 Å². The topological polar surface area (TPSA) is 122 Å². The maximum Gasteiger partial charge on any atom is 0.315 e. The molecule has 0 N–H and O–H groups in total. The number of thioether (sulfide) groups is 2. The zero-order chi connectivity index (χ0) is 32.7. The molecule has 2 aromatic carbocycles. The van der Waals surface area contributed by atoms with E-state index in [1.165, 1.54) is 0 Å². The number of methoxy groups -OCH3 is 2. The van der Waals surface area contributed by atoms with Crippen LogP contribution in [0.3, 0.4) is 0 Å². The molecule has 5 rings (SSSR count). The maximum absolute atomic E-state index is 12.4. The highest BCUT2D eigenvalue weighted by atomic mass is 32.2. The van der Waals surface area contributed by atoms with Crippen molar-refractivity contribution in [2.24, 2.45) is 0 Å². The average molecular weight is 673 g/mol. The monoisotopic (exact) mass is 672 g/mol. The predicted octanol–water partition coefficient (Wildman–Crippen LogP) is 3.87. The average Bonchev–Trinajstić information content (AvgIpc) is 3.87. The van der Waals surface area contributed by atoms with E-state index in [-0.39, 0.29) is 35.5 Å². The molecule has 2 saturated heterocycles. The number of carbonyl (C=O) groups excluding carboxylic acids is 3. The molecule has 0 spiro atoms. The van der Waals surface area contributed by atoms with Crippen LogP contribution in [0.4, 0.5) is 0 Å². The second kappa shape index (κ2) is 18.2. The number of hydrogen-bond donors (Lipinski definition) is 0. The van der Waals surface area contributed by atoms with Crippen molar-refractivity contribution in [3.63, 3.8) is 0 Å². The van der Waals surface area contributed by atoms with E-state index in [1.54, 1.807) is 62.1 Å². The summed E-state index contributed by atoms with van der Waals surface area (Å²) in [5.41, 5.74) is 0. The molecule has 0 aliphatic carbocycles. The number of aromatic nitrogens is 2. The van der Waals surface area contributed by atoms with Crippen molar-refractivity contribution in [2.45, 2.75) is 30.5 Å². The zero-order valence-electron chi connectivity index (χ0n) is 26.2. The van der Waals surface area contributed by atoms with Crippen LogP contribution in [-0.4, -0.2) is 102 Å². The lowest BCUT2D eigenvalue weighted by Crippen LogP contribution is -2.42. The van der Waals surface area contributed by atoms with Gasteiger partial charge < -0.3 is 28.6 Å². The molecular weight excluding hydrogens is 633 g/mol. The van der Waals surface area contributed by atoms with Gasteiger partial charge in [-0.05, 0) is 55.5 Å². The SMILES string of the molecule is CCOC(=O)CC(=O)N1CCSC1COc1ccc(OC)cc1.COc1ccc(OCCC(=O)C2SCCN2n2ccnc2)cc1. The fourth-order valence-electron chi connectivity index (χ4n) is 4.65. The van der Waals surface area contributed by atoms with E-state index in [9.17, 15) is 14.4 Å². The van der Waals surface area contributed by atoms with Gasteiger partial charge in [0.15, 0.2) is 5.78 Å². The summed E-state index contributed by atoms with van der Waals surface area (Å²) in [6.07, 6.45) is 5.47. The van der Waals surface area contributed by atoms with Crippen molar-refractivity contribution in [2.75, 3.05) is 63.6 Å². The van der Waals surface area contributed by atoms with Gasteiger partial charge in [0.25, 0.3) is 0 Å². The summed E-state index contributed by atoms with van der Waals surface area (Å²) in [6, 6.07) is 14.6. The van der Waals surface area contributed by atoms with Crippen molar-refractivity contribution in [3.05, 3.63) is 67.3 Å². The summed E-state index contributed by atoms with van der Waals surface area (Å²) < 4.78 is 28.3. The molecule has 0 bridgehead atoms. The molecule has 3 heterocycles. The Bertz CT molecular complexity index is 1380. The van der Waals surface area contributed by atoms with Crippen molar-refractivity contribution in [3.8, 4) is 23.0 Å². The van der Waals surface area contributed by atoms with Gasteiger partial charge in [-0.25, -0.2) is 4.98 Å². The fraction of sp³-hybridized carbons (Fsp3) is 0.438. The van der Waals surface area contributed by atoms with Crippen LogP contribution in [0.25, 0.3) is 0 Å². The summed E-state index contributed by atoms with van der Waals surface area (Å²) in [7, 11) is 3.23. The van der Waals surface area contributed by atoms with Gasteiger partial charge in [-0.15, -0.1) is 23.5 Å². The van der Waals surface area contributed by atoms with Gasteiger partial charge in [0.2, 0.25) is 5.91 Å². The number of Topliss-reactive ketones (excluding diaryl/α,β-unsaturated/α-hetero) is 1. The van der Waals surface area contributed by atoms with Gasteiger partial charge in [0.1, 0.15) is 53.1 Å². The van der Waals surface area contributed by atoms with Gasteiger partial charge in [-0.2, -0.15) is 0 Å². The van der Waals surface area contributed by atoms with E-state index in [2.05, 4.69) is 4.98 Å². The number of esters is 1. The number of amides is 1. The van der Waals surface area contributed by atoms with Crippen LogP contribution in [0, 0.1) is 0 Å². The lowest BCUT2D eigenvalue weighted by atomic mass is 10.3. The molecule has 0 saturated carbocycles. The summed E-state index contributed by atoms with van der Waals surface area (Å²) in [4.78, 5) is 41.8. The van der Waals surface area contributed by atoms with Crippen LogP contribution in [0.1, 0.15) is 19.8 Å². The smallest absolute Gasteiger partial charge is 0.315 e. The quantitative estimate of drug-likeness (QED) is 0.183. The number of ether oxygens (including phenoxy) is 5. The highest BCUT2D eigenvalue weighted by Gasteiger charge is 2.32. The molecular formula is C32H40N4O8S2. The second-order valence-corrected chi connectivity index (χ2v) is 12.4. The highest BCUT2D eigenvalue weighted by Crippen LogP contribution is 2.27. The minimum Gasteiger partial charge on any atom is -0.497 e. The minimum atomic E-state index is -0.482. The standard InChI is InChI=1S/C16H19N3O3S.C16H21NO5S/c1-21-13-2-4-14(5-3-13)22-10-6-15(20)16-19(9-11-23-16)18-8-7-17-12-18;1-3-21-16(19)10-14(18)17-8-9-23-15(17)11-22-13-6-4-12(20-2)5-7-13/h2-5,7-8,12,16H,6,9-11H2,1H3;4-7,15H,3,8-11H2,1-2H3. The number of ketones is 1. The summed E-state index contributed by atoms with van der Waals surface area (Å²) in [6.45, 7) is 4.23. The van der Waals surface area contributed by atoms with E-state index in [0.717, 1.165) is 41.0 Å². The summed E-state index contributed by atoms with van der Waals surface area (Å²) in [5, 5.41) is 1.79. The first-order valence-electron chi connectivity index (χ1n) is 14.9. The first-order valence-corrected chi connectivity index (χ1v) is 17.0. The number of carbonyl (C=O) groups is 3. The number of hydrogen-bond acceptors (Lipinski definition) is 12. The minimum absolute atomic E-state index is 0.0842. The molecule has 1 amide bonds. The molecule has 2 unspecified atom stereocenters. The predicted molar refractivity (Wildman–Crippen MR) is 177 cm³/mol. The first-order chi connectivity index (χ1) is 22.4. The molecule has 12 nitrogen and oxygen atoms in total. The Kier molecular flexibility index (Phi) is 13.8. The summed E-state index contributed by atoms with van der Waals surface area (Å²) >= 11 is 3.31. The Labute approximate surface area is 277 Å². The van der Waals surface area contributed by atoms with Crippen molar-refractivity contribution >= 4 is 41.2 Å². The number of benzene rings is 2. The normalized spacial score (nSPS) is 17.1. The van der Waals surface area contributed by atoms with E-state index in [4.69, 9.17) is 23.7 Å². The molecule has 1 aromatic heterocycles. The molecule has 2 fully saturated rings. The first kappa shape index (κ1) is 34.8. The van der Waals surface area contributed by atoms with Gasteiger partial charge in [0.05, 0.1) is 27.4 Å². The molecule has 0 radical (unpaired) electrons. The van der Waals surface area contributed by atoms with E-state index < -0.39 is 5.97 Å². The van der Waals surface area contributed by atoms with Gasteiger partial charge >= 0.3 is 5.97 Å². The van der Waals surface area contributed by atoms with Crippen molar-refractivity contribution in [1.82, 2.24) is 14.6 Å². The lowest BCUT2D eigenvalue weighted by molar-refractivity contribution is -0.148. The molecule has 46 heavy (non-hydrogen) atoms. The van der Waals surface area contributed by atoms with Gasteiger partial charge in [-0.3, -0.25) is 24.1 Å². The van der Waals surface area contributed by atoms with Crippen LogP contribution in [-0.2, 0) is 19.1 Å². The Balaban J connectivity index is 0.000000209. The molecule has 14 heteroatoms. The molecule has 248 valence electrons. The number of imidazole rings is 1. The van der Waals surface area contributed by atoms with Gasteiger partial charge in [0, 0.05) is 43.4 Å². The maximum atomic E-state index is 12.4. The lowest BCUT2D eigenvalue weighted by Gasteiger charge is -2.25. The van der Waals surface area contributed by atoms with Gasteiger partial charge in [-0.1, -0.05) is 0 Å². The second-order valence-electron chi connectivity index (χ2n) is 9.95. The van der Waals surface area contributed by atoms with Crippen LogP contribution < -0.4 is 24.0 Å². The molecule has 2 aliphatic heterocycles. The Morgan fingerprint density at radius 3 is 2.11 bits per heavy atom. The van der Waals surface area contributed by atoms with Crippen LogP contribution in [0.2, 0.25) is 0 Å². The number of nitrogens with zero attached hydrogens (tertiary/aromatic N) is 4. The van der Waals surface area contributed by atoms with Crippen LogP contribution in [0.15, 0.2) is 67.3 Å². The Morgan fingerprint density at radius 1 is 0.870 bits per heavy atom. The van der Waals surface area contributed by atoms with Crippen LogP contribution >= 0.6 is 23.5 Å². The van der Waals surface area contributed by atoms with Crippen molar-refractivity contribution in [1.29, 1.82) is 0 Å². The third-order valence-electron chi connectivity index (χ3n) is 6.97. The largest absolute Gasteiger partial charge is 0.497 e. The Morgan fingerprint density at radius 2 is 1.50 bits per heavy atom. The third-order valence-corrected chi connectivity index (χ3v) is 9.40. The third kappa shape index (κ3) is 10.2. The number of rotatable bonds is 14.